The van der Waals surface area contributed by atoms with Crippen molar-refractivity contribution >= 4 is 5.91 Å². The molecule has 120 valence electrons. The highest BCUT2D eigenvalue weighted by molar-refractivity contribution is 5.79. The maximum Gasteiger partial charge on any atom is 0.226 e. The molecule has 2 heterocycles. The van der Waals surface area contributed by atoms with E-state index in [1.807, 2.05) is 13.0 Å². The molecule has 4 atom stereocenters. The van der Waals surface area contributed by atoms with Gasteiger partial charge in [0.25, 0.3) is 0 Å². The van der Waals surface area contributed by atoms with Crippen LogP contribution in [0.15, 0.2) is 30.3 Å². The first-order chi connectivity index (χ1) is 10.6. The molecule has 0 unspecified atom stereocenters. The van der Waals surface area contributed by atoms with Gasteiger partial charge in [0.1, 0.15) is 0 Å². The van der Waals surface area contributed by atoms with E-state index in [-0.39, 0.29) is 24.0 Å². The number of likely N-dealkylation sites (tertiary alicyclic amines) is 1. The van der Waals surface area contributed by atoms with Crippen LogP contribution < -0.4 is 5.32 Å². The van der Waals surface area contributed by atoms with Crippen molar-refractivity contribution in [1.29, 1.82) is 0 Å². The summed E-state index contributed by atoms with van der Waals surface area (Å²) in [5.41, 5.74) is 1.33. The van der Waals surface area contributed by atoms with Crippen LogP contribution in [0.5, 0.6) is 0 Å². The zero-order valence-corrected chi connectivity index (χ0v) is 13.5. The lowest BCUT2D eigenvalue weighted by atomic mass is 10.00. The third-order valence-electron chi connectivity index (χ3n) is 4.98. The van der Waals surface area contributed by atoms with Gasteiger partial charge in [-0.2, -0.15) is 0 Å². The molecule has 4 nitrogen and oxygen atoms in total. The van der Waals surface area contributed by atoms with Crippen LogP contribution in [-0.4, -0.2) is 42.6 Å². The third-order valence-corrected chi connectivity index (χ3v) is 4.98. The second kappa shape index (κ2) is 6.80. The smallest absolute Gasteiger partial charge is 0.226 e. The van der Waals surface area contributed by atoms with Crippen LogP contribution in [0, 0.1) is 11.8 Å². The fraction of sp³-hybridized carbons (Fsp3) is 0.611. The van der Waals surface area contributed by atoms with Crippen LogP contribution in [0.4, 0.5) is 0 Å². The number of hydrogen-bond donors (Lipinski definition) is 1. The Kier molecular flexibility index (Phi) is 4.79. The summed E-state index contributed by atoms with van der Waals surface area (Å²) in [5.74, 6) is 0.684. The monoisotopic (exact) mass is 302 g/mol. The fourth-order valence-corrected chi connectivity index (χ4v) is 3.59. The van der Waals surface area contributed by atoms with Gasteiger partial charge in [0.2, 0.25) is 5.91 Å². The van der Waals surface area contributed by atoms with Crippen LogP contribution in [0.2, 0.25) is 0 Å². The predicted molar refractivity (Wildman–Crippen MR) is 86.3 cm³/mol. The van der Waals surface area contributed by atoms with E-state index in [1.165, 1.54) is 5.56 Å². The van der Waals surface area contributed by atoms with E-state index < -0.39 is 0 Å². The predicted octanol–water partition coefficient (Wildman–Crippen LogP) is 2.05. The third kappa shape index (κ3) is 3.50. The highest BCUT2D eigenvalue weighted by Crippen LogP contribution is 2.23. The molecule has 0 saturated carbocycles. The van der Waals surface area contributed by atoms with Crippen LogP contribution in [0.3, 0.4) is 0 Å². The standard InChI is InChI=1S/C18H26N2O2/c1-13-10-20(11-15-6-4-3-5-7-15)12-17(13)19-18(21)16-8-9-22-14(16)2/h3-7,13-14,16-17H,8-12H2,1-2H3,(H,19,21)/t13-,14+,16+,17+/m1/s1. The first-order valence-electron chi connectivity index (χ1n) is 8.31. The Morgan fingerprint density at radius 3 is 2.73 bits per heavy atom. The highest BCUT2D eigenvalue weighted by atomic mass is 16.5. The Morgan fingerprint density at radius 2 is 2.05 bits per heavy atom. The van der Waals surface area contributed by atoms with Gasteiger partial charge in [0.05, 0.1) is 12.0 Å². The van der Waals surface area contributed by atoms with Crippen molar-refractivity contribution in [1.82, 2.24) is 10.2 Å². The molecule has 22 heavy (non-hydrogen) atoms. The summed E-state index contributed by atoms with van der Waals surface area (Å²) in [4.78, 5) is 14.8. The van der Waals surface area contributed by atoms with Gasteiger partial charge in [0.15, 0.2) is 0 Å². The van der Waals surface area contributed by atoms with Gasteiger partial charge in [-0.05, 0) is 24.8 Å². The molecule has 1 N–H and O–H groups in total. The molecule has 4 heteroatoms. The normalized spacial score (nSPS) is 32.3. The summed E-state index contributed by atoms with van der Waals surface area (Å²) in [6.07, 6.45) is 0.902. The first-order valence-corrected chi connectivity index (χ1v) is 8.31. The fourth-order valence-electron chi connectivity index (χ4n) is 3.59. The van der Waals surface area contributed by atoms with E-state index in [9.17, 15) is 4.79 Å². The average Bonchev–Trinajstić information content (AvgIpc) is 3.06. The Bertz CT molecular complexity index is 505. The molecule has 0 aromatic heterocycles. The molecule has 1 amide bonds. The molecule has 2 fully saturated rings. The molecule has 0 radical (unpaired) electrons. The second-order valence-corrected chi connectivity index (χ2v) is 6.74. The molecular weight excluding hydrogens is 276 g/mol. The molecule has 2 saturated heterocycles. The summed E-state index contributed by atoms with van der Waals surface area (Å²) in [7, 11) is 0. The minimum absolute atomic E-state index is 0.0235. The van der Waals surface area contributed by atoms with Crippen LogP contribution in [-0.2, 0) is 16.1 Å². The van der Waals surface area contributed by atoms with Crippen LogP contribution in [0.25, 0.3) is 0 Å². The number of nitrogens with zero attached hydrogens (tertiary/aromatic N) is 1. The van der Waals surface area contributed by atoms with Crippen LogP contribution >= 0.6 is 0 Å². The number of carbonyl (C=O) groups excluding carboxylic acids is 1. The summed E-state index contributed by atoms with van der Waals surface area (Å²) >= 11 is 0. The summed E-state index contributed by atoms with van der Waals surface area (Å²) in [6.45, 7) is 7.86. The van der Waals surface area contributed by atoms with Gasteiger partial charge in [-0.25, -0.2) is 0 Å². The maximum atomic E-state index is 12.4. The largest absolute Gasteiger partial charge is 0.378 e. The van der Waals surface area contributed by atoms with E-state index in [4.69, 9.17) is 4.74 Å². The first kappa shape index (κ1) is 15.5. The van der Waals surface area contributed by atoms with Crippen molar-refractivity contribution in [2.75, 3.05) is 19.7 Å². The molecule has 1 aromatic rings. The lowest BCUT2D eigenvalue weighted by molar-refractivity contribution is -0.127. The Labute approximate surface area is 132 Å². The zero-order valence-electron chi connectivity index (χ0n) is 13.5. The summed E-state index contributed by atoms with van der Waals surface area (Å²) < 4.78 is 5.51. The lowest BCUT2D eigenvalue weighted by Crippen LogP contribution is -2.44. The Hall–Kier alpha value is -1.39. The second-order valence-electron chi connectivity index (χ2n) is 6.74. The molecule has 1 aromatic carbocycles. The van der Waals surface area contributed by atoms with Crippen molar-refractivity contribution < 1.29 is 9.53 Å². The van der Waals surface area contributed by atoms with E-state index in [0.29, 0.717) is 12.5 Å². The van der Waals surface area contributed by atoms with Gasteiger partial charge in [-0.15, -0.1) is 0 Å². The zero-order chi connectivity index (χ0) is 15.5. The summed E-state index contributed by atoms with van der Waals surface area (Å²) in [5, 5.41) is 3.26. The minimum atomic E-state index is 0.0235. The number of amides is 1. The topological polar surface area (TPSA) is 41.6 Å². The van der Waals surface area contributed by atoms with Crippen LogP contribution in [0.1, 0.15) is 25.8 Å². The van der Waals surface area contributed by atoms with Gasteiger partial charge in [0, 0.05) is 32.3 Å². The van der Waals surface area contributed by atoms with E-state index >= 15 is 0 Å². The van der Waals surface area contributed by atoms with Crippen molar-refractivity contribution in [2.24, 2.45) is 11.8 Å². The SMILES string of the molecule is C[C@@H]1CN(Cc2ccccc2)C[C@@H]1NC(=O)[C@H]1CCO[C@H]1C. The molecule has 2 aliphatic rings. The Morgan fingerprint density at radius 1 is 1.27 bits per heavy atom. The van der Waals surface area contributed by atoms with E-state index in [2.05, 4.69) is 41.4 Å². The van der Waals surface area contributed by atoms with Crippen molar-refractivity contribution in [3.05, 3.63) is 35.9 Å². The molecule has 0 spiro atoms. The Balaban J connectivity index is 1.53. The number of ether oxygens (including phenoxy) is 1. The van der Waals surface area contributed by atoms with Gasteiger partial charge in [-0.3, -0.25) is 9.69 Å². The molecule has 0 bridgehead atoms. The van der Waals surface area contributed by atoms with Crippen molar-refractivity contribution in [3.8, 4) is 0 Å². The average molecular weight is 302 g/mol. The highest BCUT2D eigenvalue weighted by Gasteiger charge is 2.35. The van der Waals surface area contributed by atoms with Crippen molar-refractivity contribution in [2.45, 2.75) is 39.0 Å². The van der Waals surface area contributed by atoms with Gasteiger partial charge < -0.3 is 10.1 Å². The maximum absolute atomic E-state index is 12.4. The van der Waals surface area contributed by atoms with E-state index in [0.717, 1.165) is 26.1 Å². The quantitative estimate of drug-likeness (QED) is 0.925. The number of rotatable bonds is 4. The number of carbonyl (C=O) groups is 1. The molecule has 0 aliphatic carbocycles. The van der Waals surface area contributed by atoms with Gasteiger partial charge in [-0.1, -0.05) is 37.3 Å². The molecule has 2 aliphatic heterocycles. The van der Waals surface area contributed by atoms with Gasteiger partial charge >= 0.3 is 0 Å². The van der Waals surface area contributed by atoms with E-state index in [1.54, 1.807) is 0 Å². The number of hydrogen-bond acceptors (Lipinski definition) is 3. The minimum Gasteiger partial charge on any atom is -0.378 e. The summed E-state index contributed by atoms with van der Waals surface area (Å²) in [6, 6.07) is 10.8. The molecular formula is C18H26N2O2. The molecule has 3 rings (SSSR count). The number of nitrogens with one attached hydrogen (secondary N) is 1. The lowest BCUT2D eigenvalue weighted by Gasteiger charge is -2.21. The van der Waals surface area contributed by atoms with Crippen molar-refractivity contribution in [3.63, 3.8) is 0 Å². The number of benzene rings is 1.